The van der Waals surface area contributed by atoms with Crippen LogP contribution in [0.4, 0.5) is 14.5 Å². The second kappa shape index (κ2) is 14.1. The van der Waals surface area contributed by atoms with Gasteiger partial charge in [-0.15, -0.1) is 0 Å². The fourth-order valence-corrected chi connectivity index (χ4v) is 5.64. The monoisotopic (exact) mass is 587 g/mol. The number of carbonyl (C=O) groups is 2. The van der Waals surface area contributed by atoms with Crippen LogP contribution in [0.25, 0.3) is 0 Å². The summed E-state index contributed by atoms with van der Waals surface area (Å²) in [6, 6.07) is 14.8. The molecule has 3 aromatic carbocycles. The fourth-order valence-electron chi connectivity index (χ4n) is 4.22. The molecule has 11 heteroatoms. The van der Waals surface area contributed by atoms with Crippen LogP contribution in [-0.4, -0.2) is 50.4 Å². The van der Waals surface area contributed by atoms with Crippen LogP contribution in [0.1, 0.15) is 39.7 Å². The molecule has 41 heavy (non-hydrogen) atoms. The van der Waals surface area contributed by atoms with Crippen LogP contribution in [0.5, 0.6) is 5.75 Å². The second-order valence-corrected chi connectivity index (χ2v) is 11.5. The number of nitrogens with one attached hydrogen (secondary N) is 1. The van der Waals surface area contributed by atoms with Crippen LogP contribution >= 0.6 is 0 Å². The quantitative estimate of drug-likeness (QED) is 0.307. The molecule has 0 aliphatic rings. The maximum atomic E-state index is 13.9. The minimum Gasteiger partial charge on any atom is -0.494 e. The Hall–Kier alpha value is -3.99. The standard InChI is InChI=1S/C30H35F2N3O5S/c1-5-28(30(37)33-21(3)4)34(19-22-7-9-23(31)10-8-22)29(36)20-35(25-13-11-24(32)12-14-25)41(38,39)27-17-15-26(16-18-27)40-6-2/h7-18,21,28H,5-6,19-20H2,1-4H3,(H,33,37)/t28-/m0/s1. The summed E-state index contributed by atoms with van der Waals surface area (Å²) in [6.45, 7) is 6.78. The van der Waals surface area contributed by atoms with Gasteiger partial charge < -0.3 is 15.0 Å². The maximum Gasteiger partial charge on any atom is 0.264 e. The SMILES string of the molecule is CCOc1ccc(S(=O)(=O)N(CC(=O)N(Cc2ccc(F)cc2)[C@@H](CC)C(=O)NC(C)C)c2ccc(F)cc2)cc1. The molecule has 3 rings (SSSR count). The highest BCUT2D eigenvalue weighted by molar-refractivity contribution is 7.92. The zero-order valence-corrected chi connectivity index (χ0v) is 24.3. The average molecular weight is 588 g/mol. The highest BCUT2D eigenvalue weighted by atomic mass is 32.2. The lowest BCUT2D eigenvalue weighted by Gasteiger charge is -2.33. The molecule has 1 N–H and O–H groups in total. The van der Waals surface area contributed by atoms with Crippen LogP contribution < -0.4 is 14.4 Å². The van der Waals surface area contributed by atoms with Gasteiger partial charge in [-0.05, 0) is 93.4 Å². The zero-order valence-electron chi connectivity index (χ0n) is 23.5. The number of nitrogens with zero attached hydrogens (tertiary/aromatic N) is 2. The Balaban J connectivity index is 2.04. The number of sulfonamides is 1. The van der Waals surface area contributed by atoms with Gasteiger partial charge in [0.2, 0.25) is 11.8 Å². The molecule has 0 saturated heterocycles. The molecule has 220 valence electrons. The zero-order chi connectivity index (χ0) is 30.2. The lowest BCUT2D eigenvalue weighted by atomic mass is 10.1. The van der Waals surface area contributed by atoms with E-state index in [2.05, 4.69) is 5.32 Å². The van der Waals surface area contributed by atoms with Crippen molar-refractivity contribution in [1.29, 1.82) is 0 Å². The predicted molar refractivity (Wildman–Crippen MR) is 153 cm³/mol. The van der Waals surface area contributed by atoms with E-state index < -0.39 is 46.1 Å². The normalized spacial score (nSPS) is 12.1. The van der Waals surface area contributed by atoms with Crippen LogP contribution in [0.15, 0.2) is 77.7 Å². The van der Waals surface area contributed by atoms with E-state index in [0.717, 1.165) is 16.4 Å². The van der Waals surface area contributed by atoms with Gasteiger partial charge in [-0.25, -0.2) is 17.2 Å². The molecular weight excluding hydrogens is 552 g/mol. The molecule has 0 saturated carbocycles. The van der Waals surface area contributed by atoms with Crippen molar-refractivity contribution in [3.63, 3.8) is 0 Å². The van der Waals surface area contributed by atoms with Crippen molar-refractivity contribution >= 4 is 27.5 Å². The number of benzene rings is 3. The molecule has 0 fully saturated rings. The summed E-state index contributed by atoms with van der Waals surface area (Å²) >= 11 is 0. The van der Waals surface area contributed by atoms with E-state index in [4.69, 9.17) is 4.74 Å². The molecule has 0 spiro atoms. The van der Waals surface area contributed by atoms with Crippen LogP contribution in [0, 0.1) is 11.6 Å². The third kappa shape index (κ3) is 8.26. The lowest BCUT2D eigenvalue weighted by Crippen LogP contribution is -2.53. The van der Waals surface area contributed by atoms with E-state index in [-0.39, 0.29) is 29.6 Å². The number of amides is 2. The number of hydrogen-bond donors (Lipinski definition) is 1. The van der Waals surface area contributed by atoms with Crippen LogP contribution in [-0.2, 0) is 26.2 Å². The van der Waals surface area contributed by atoms with E-state index in [9.17, 15) is 26.8 Å². The Morgan fingerprint density at radius 1 is 0.878 bits per heavy atom. The van der Waals surface area contributed by atoms with E-state index in [1.54, 1.807) is 27.7 Å². The van der Waals surface area contributed by atoms with Crippen LogP contribution in [0.2, 0.25) is 0 Å². The maximum absolute atomic E-state index is 13.9. The number of rotatable bonds is 13. The van der Waals surface area contributed by atoms with Crippen molar-refractivity contribution in [3.8, 4) is 5.75 Å². The Labute approximate surface area is 240 Å². The molecule has 3 aromatic rings. The van der Waals surface area contributed by atoms with E-state index in [1.165, 1.54) is 65.6 Å². The number of halogens is 2. The third-order valence-corrected chi connectivity index (χ3v) is 7.99. The highest BCUT2D eigenvalue weighted by Gasteiger charge is 2.34. The van der Waals surface area contributed by atoms with Gasteiger partial charge in [0.25, 0.3) is 10.0 Å². The molecule has 0 aromatic heterocycles. The minimum absolute atomic E-state index is 0.0649. The molecule has 0 aliphatic carbocycles. The van der Waals surface area contributed by atoms with Crippen molar-refractivity contribution in [3.05, 3.63) is 90.0 Å². The number of ether oxygens (including phenoxy) is 1. The van der Waals surface area contributed by atoms with Crippen molar-refractivity contribution < 1.29 is 31.5 Å². The molecule has 2 amide bonds. The largest absolute Gasteiger partial charge is 0.494 e. The van der Waals surface area contributed by atoms with Crippen molar-refractivity contribution in [1.82, 2.24) is 10.2 Å². The first-order chi connectivity index (χ1) is 19.5. The van der Waals surface area contributed by atoms with Gasteiger partial charge in [-0.3, -0.25) is 13.9 Å². The summed E-state index contributed by atoms with van der Waals surface area (Å²) in [4.78, 5) is 28.2. The Bertz CT molecular complexity index is 1410. The topological polar surface area (TPSA) is 96.0 Å². The van der Waals surface area contributed by atoms with Crippen LogP contribution in [0.3, 0.4) is 0 Å². The van der Waals surface area contributed by atoms with Crippen molar-refractivity contribution in [2.24, 2.45) is 0 Å². The minimum atomic E-state index is -4.32. The fraction of sp³-hybridized carbons (Fsp3) is 0.333. The summed E-state index contributed by atoms with van der Waals surface area (Å²) in [7, 11) is -4.32. The van der Waals surface area contributed by atoms with E-state index in [1.807, 2.05) is 0 Å². The number of hydrogen-bond acceptors (Lipinski definition) is 5. The van der Waals surface area contributed by atoms with Crippen molar-refractivity contribution in [2.75, 3.05) is 17.5 Å². The molecule has 0 bridgehead atoms. The number of anilines is 1. The van der Waals surface area contributed by atoms with Gasteiger partial charge in [0.15, 0.2) is 0 Å². The summed E-state index contributed by atoms with van der Waals surface area (Å²) in [5.41, 5.74) is 0.619. The first-order valence-corrected chi connectivity index (χ1v) is 14.8. The summed E-state index contributed by atoms with van der Waals surface area (Å²) in [6.07, 6.45) is 0.244. The first kappa shape index (κ1) is 31.5. The van der Waals surface area contributed by atoms with E-state index in [0.29, 0.717) is 17.9 Å². The smallest absolute Gasteiger partial charge is 0.264 e. The molecule has 0 heterocycles. The predicted octanol–water partition coefficient (Wildman–Crippen LogP) is 4.89. The van der Waals surface area contributed by atoms with E-state index >= 15 is 0 Å². The summed E-state index contributed by atoms with van der Waals surface area (Å²) in [5.74, 6) is -1.63. The van der Waals surface area contributed by atoms with Gasteiger partial charge in [-0.2, -0.15) is 0 Å². The molecule has 0 aliphatic heterocycles. The summed E-state index contributed by atoms with van der Waals surface area (Å²) in [5, 5.41) is 2.81. The molecule has 0 radical (unpaired) electrons. The average Bonchev–Trinajstić information content (AvgIpc) is 2.93. The molecule has 0 unspecified atom stereocenters. The van der Waals surface area contributed by atoms with Crippen molar-refractivity contribution in [2.45, 2.75) is 57.6 Å². The first-order valence-electron chi connectivity index (χ1n) is 13.3. The van der Waals surface area contributed by atoms with Gasteiger partial charge in [0.1, 0.15) is 30.0 Å². The molecule has 8 nitrogen and oxygen atoms in total. The Kier molecular flexibility index (Phi) is 10.8. The Morgan fingerprint density at radius 3 is 1.95 bits per heavy atom. The Morgan fingerprint density at radius 2 is 1.44 bits per heavy atom. The van der Waals surface area contributed by atoms with Gasteiger partial charge >= 0.3 is 0 Å². The highest BCUT2D eigenvalue weighted by Crippen LogP contribution is 2.26. The molecule has 1 atom stereocenters. The van der Waals surface area contributed by atoms with Gasteiger partial charge in [-0.1, -0.05) is 19.1 Å². The molecular formula is C30H35F2N3O5S. The lowest BCUT2D eigenvalue weighted by molar-refractivity contribution is -0.140. The number of carbonyl (C=O) groups excluding carboxylic acids is 2. The van der Waals surface area contributed by atoms with Gasteiger partial charge in [0.05, 0.1) is 17.2 Å². The van der Waals surface area contributed by atoms with Gasteiger partial charge in [0, 0.05) is 12.6 Å². The third-order valence-electron chi connectivity index (χ3n) is 6.20. The summed E-state index contributed by atoms with van der Waals surface area (Å²) < 4.78 is 61.3. The second-order valence-electron chi connectivity index (χ2n) is 9.63.